The van der Waals surface area contributed by atoms with E-state index in [0.717, 1.165) is 0 Å². The molecular formula is C11H15NO5. The standard InChI is InChI=1S/C11H15NO5/c1-6(15-2)8-7(10(13)16-3)5-12-9(8)11(14)17-4/h5-6,12H,1-4H3. The summed E-state index contributed by atoms with van der Waals surface area (Å²) >= 11 is 0. The summed E-state index contributed by atoms with van der Waals surface area (Å²) in [7, 11) is 4.02. The van der Waals surface area contributed by atoms with Crippen LogP contribution in [0.25, 0.3) is 0 Å². The van der Waals surface area contributed by atoms with Crippen LogP contribution >= 0.6 is 0 Å². The Morgan fingerprint density at radius 1 is 1.18 bits per heavy atom. The van der Waals surface area contributed by atoms with Crippen LogP contribution in [0.5, 0.6) is 0 Å². The second-order valence-corrected chi connectivity index (χ2v) is 3.35. The zero-order valence-electron chi connectivity index (χ0n) is 10.2. The highest BCUT2D eigenvalue weighted by Gasteiger charge is 2.26. The van der Waals surface area contributed by atoms with Gasteiger partial charge in [0.2, 0.25) is 0 Å². The number of aromatic nitrogens is 1. The average Bonchev–Trinajstić information content (AvgIpc) is 2.80. The molecule has 6 nitrogen and oxygen atoms in total. The van der Waals surface area contributed by atoms with Crippen LogP contribution in [-0.4, -0.2) is 38.3 Å². The highest BCUT2D eigenvalue weighted by molar-refractivity contribution is 5.97. The molecule has 0 aromatic carbocycles. The Bertz CT molecular complexity index is 390. The molecule has 0 bridgehead atoms. The van der Waals surface area contributed by atoms with Gasteiger partial charge in [0.25, 0.3) is 0 Å². The van der Waals surface area contributed by atoms with Crippen molar-refractivity contribution in [1.29, 1.82) is 0 Å². The summed E-state index contributed by atoms with van der Waals surface area (Å²) in [5, 5.41) is 0. The van der Waals surface area contributed by atoms with E-state index in [9.17, 15) is 9.59 Å². The number of rotatable bonds is 4. The fourth-order valence-electron chi connectivity index (χ4n) is 1.52. The van der Waals surface area contributed by atoms with Crippen LogP contribution in [-0.2, 0) is 14.2 Å². The summed E-state index contributed by atoms with van der Waals surface area (Å²) in [4.78, 5) is 25.7. The minimum Gasteiger partial charge on any atom is -0.465 e. The molecule has 1 N–H and O–H groups in total. The normalized spacial score (nSPS) is 12.0. The third kappa shape index (κ3) is 2.47. The summed E-state index contributed by atoms with van der Waals surface area (Å²) < 4.78 is 14.4. The maximum Gasteiger partial charge on any atom is 0.354 e. The maximum absolute atomic E-state index is 11.5. The lowest BCUT2D eigenvalue weighted by Gasteiger charge is -2.11. The van der Waals surface area contributed by atoms with Gasteiger partial charge in [0.05, 0.1) is 25.9 Å². The van der Waals surface area contributed by atoms with Crippen LogP contribution < -0.4 is 0 Å². The molecule has 0 fully saturated rings. The van der Waals surface area contributed by atoms with E-state index in [-0.39, 0.29) is 11.3 Å². The molecule has 0 saturated carbocycles. The molecule has 6 heteroatoms. The molecule has 0 saturated heterocycles. The van der Waals surface area contributed by atoms with Gasteiger partial charge in [0, 0.05) is 18.9 Å². The molecule has 0 spiro atoms. The van der Waals surface area contributed by atoms with E-state index >= 15 is 0 Å². The minimum atomic E-state index is -0.556. The number of carbonyl (C=O) groups is 2. The SMILES string of the molecule is COC(=O)c1c[nH]c(C(=O)OC)c1C(C)OC. The van der Waals surface area contributed by atoms with Gasteiger partial charge in [0.1, 0.15) is 5.69 Å². The Morgan fingerprint density at radius 3 is 2.24 bits per heavy atom. The van der Waals surface area contributed by atoms with E-state index in [4.69, 9.17) is 4.74 Å². The Labute approximate surface area is 98.9 Å². The van der Waals surface area contributed by atoms with E-state index in [2.05, 4.69) is 14.5 Å². The smallest absolute Gasteiger partial charge is 0.354 e. The average molecular weight is 241 g/mol. The first-order valence-corrected chi connectivity index (χ1v) is 4.97. The Balaban J connectivity index is 3.29. The molecule has 1 heterocycles. The van der Waals surface area contributed by atoms with Gasteiger partial charge < -0.3 is 19.2 Å². The van der Waals surface area contributed by atoms with E-state index < -0.39 is 18.0 Å². The Hall–Kier alpha value is -1.82. The number of aromatic amines is 1. The lowest BCUT2D eigenvalue weighted by atomic mass is 10.1. The molecule has 17 heavy (non-hydrogen) atoms. The molecule has 1 aromatic heterocycles. The number of H-pyrrole nitrogens is 1. The fourth-order valence-corrected chi connectivity index (χ4v) is 1.52. The number of hydrogen-bond acceptors (Lipinski definition) is 5. The van der Waals surface area contributed by atoms with Gasteiger partial charge in [-0.2, -0.15) is 0 Å². The fraction of sp³-hybridized carbons (Fsp3) is 0.455. The van der Waals surface area contributed by atoms with Gasteiger partial charge in [-0.1, -0.05) is 0 Å². The molecule has 1 atom stereocenters. The zero-order chi connectivity index (χ0) is 13.0. The Morgan fingerprint density at radius 2 is 1.76 bits per heavy atom. The van der Waals surface area contributed by atoms with Crippen molar-refractivity contribution >= 4 is 11.9 Å². The van der Waals surface area contributed by atoms with E-state index in [1.54, 1.807) is 6.92 Å². The van der Waals surface area contributed by atoms with Crippen molar-refractivity contribution in [2.24, 2.45) is 0 Å². The molecule has 0 aliphatic heterocycles. The first-order chi connectivity index (χ1) is 8.06. The first kappa shape index (κ1) is 13.2. The summed E-state index contributed by atoms with van der Waals surface area (Å²) in [5.41, 5.74) is 0.899. The summed E-state index contributed by atoms with van der Waals surface area (Å²) in [6, 6.07) is 0. The Kier molecular flexibility index (Phi) is 4.28. The van der Waals surface area contributed by atoms with Crippen molar-refractivity contribution < 1.29 is 23.8 Å². The number of ether oxygens (including phenoxy) is 3. The van der Waals surface area contributed by atoms with Crippen molar-refractivity contribution in [3.63, 3.8) is 0 Å². The third-order valence-corrected chi connectivity index (χ3v) is 2.48. The largest absolute Gasteiger partial charge is 0.465 e. The van der Waals surface area contributed by atoms with Crippen LogP contribution in [0.3, 0.4) is 0 Å². The monoisotopic (exact) mass is 241 g/mol. The van der Waals surface area contributed by atoms with Crippen LogP contribution in [0.15, 0.2) is 6.20 Å². The second kappa shape index (κ2) is 5.49. The van der Waals surface area contributed by atoms with E-state index in [0.29, 0.717) is 5.56 Å². The molecule has 0 radical (unpaired) electrons. The molecule has 0 amide bonds. The molecule has 1 rings (SSSR count). The number of esters is 2. The number of nitrogens with one attached hydrogen (secondary N) is 1. The highest BCUT2D eigenvalue weighted by atomic mass is 16.5. The summed E-state index contributed by atoms with van der Waals surface area (Å²) in [5.74, 6) is -1.09. The van der Waals surface area contributed by atoms with E-state index in [1.165, 1.54) is 27.5 Å². The van der Waals surface area contributed by atoms with Gasteiger partial charge in [-0.25, -0.2) is 9.59 Å². The van der Waals surface area contributed by atoms with Gasteiger partial charge in [0.15, 0.2) is 0 Å². The topological polar surface area (TPSA) is 77.6 Å². The first-order valence-electron chi connectivity index (χ1n) is 4.97. The number of carbonyl (C=O) groups excluding carboxylic acids is 2. The lowest BCUT2D eigenvalue weighted by molar-refractivity contribution is 0.0577. The summed E-state index contributed by atoms with van der Waals surface area (Å²) in [6.07, 6.45) is 0.979. The van der Waals surface area contributed by atoms with Gasteiger partial charge in [-0.15, -0.1) is 0 Å². The molecule has 1 unspecified atom stereocenters. The predicted octanol–water partition coefficient (Wildman–Crippen LogP) is 1.30. The predicted molar refractivity (Wildman–Crippen MR) is 58.9 cm³/mol. The van der Waals surface area contributed by atoms with Crippen LogP contribution in [0.4, 0.5) is 0 Å². The van der Waals surface area contributed by atoms with Crippen molar-refractivity contribution in [3.05, 3.63) is 23.0 Å². The molecule has 94 valence electrons. The zero-order valence-corrected chi connectivity index (χ0v) is 10.2. The van der Waals surface area contributed by atoms with Crippen LogP contribution in [0, 0.1) is 0 Å². The van der Waals surface area contributed by atoms with Crippen molar-refractivity contribution in [2.45, 2.75) is 13.0 Å². The maximum atomic E-state index is 11.5. The van der Waals surface area contributed by atoms with Gasteiger partial charge in [-0.05, 0) is 6.92 Å². The van der Waals surface area contributed by atoms with E-state index in [1.807, 2.05) is 0 Å². The van der Waals surface area contributed by atoms with Gasteiger partial charge >= 0.3 is 11.9 Å². The van der Waals surface area contributed by atoms with Crippen molar-refractivity contribution in [1.82, 2.24) is 4.98 Å². The molecular weight excluding hydrogens is 226 g/mol. The molecule has 0 aliphatic carbocycles. The number of methoxy groups -OCH3 is 3. The summed E-state index contributed by atoms with van der Waals surface area (Å²) in [6.45, 7) is 1.72. The second-order valence-electron chi connectivity index (χ2n) is 3.35. The minimum absolute atomic E-state index is 0.197. The van der Waals surface area contributed by atoms with Gasteiger partial charge in [-0.3, -0.25) is 0 Å². The third-order valence-electron chi connectivity index (χ3n) is 2.48. The van der Waals surface area contributed by atoms with Crippen molar-refractivity contribution in [2.75, 3.05) is 21.3 Å². The molecule has 1 aromatic rings. The van der Waals surface area contributed by atoms with Crippen LogP contribution in [0.1, 0.15) is 39.4 Å². The highest BCUT2D eigenvalue weighted by Crippen LogP contribution is 2.25. The number of hydrogen-bond donors (Lipinski definition) is 1. The quantitative estimate of drug-likeness (QED) is 0.804. The lowest BCUT2D eigenvalue weighted by Crippen LogP contribution is -2.12. The van der Waals surface area contributed by atoms with Crippen LogP contribution in [0.2, 0.25) is 0 Å². The van der Waals surface area contributed by atoms with Crippen molar-refractivity contribution in [3.8, 4) is 0 Å². The molecule has 0 aliphatic rings.